The van der Waals surface area contributed by atoms with E-state index in [4.69, 9.17) is 0 Å². The lowest BCUT2D eigenvalue weighted by Crippen LogP contribution is -2.27. The highest BCUT2D eigenvalue weighted by atomic mass is 32.1. The van der Waals surface area contributed by atoms with Crippen molar-refractivity contribution in [2.45, 2.75) is 19.1 Å². The summed E-state index contributed by atoms with van der Waals surface area (Å²) < 4.78 is 39.3. The Labute approximate surface area is 146 Å². The third kappa shape index (κ3) is 4.17. The minimum absolute atomic E-state index is 0.0781. The van der Waals surface area contributed by atoms with Crippen LogP contribution in [0.1, 0.15) is 16.1 Å². The quantitative estimate of drug-likeness (QED) is 0.682. The second kappa shape index (κ2) is 6.84. The third-order valence-electron chi connectivity index (χ3n) is 3.75. The van der Waals surface area contributed by atoms with E-state index in [1.165, 1.54) is 28.4 Å². The van der Waals surface area contributed by atoms with E-state index in [2.05, 4.69) is 4.98 Å². The van der Waals surface area contributed by atoms with Crippen LogP contribution in [-0.4, -0.2) is 22.8 Å². The molecular weight excluding hydrogens is 349 g/mol. The predicted molar refractivity (Wildman–Crippen MR) is 91.2 cm³/mol. The molecule has 0 unspecified atom stereocenters. The lowest BCUT2D eigenvalue weighted by Gasteiger charge is -2.16. The maximum absolute atomic E-state index is 12.8. The van der Waals surface area contributed by atoms with E-state index >= 15 is 0 Å². The van der Waals surface area contributed by atoms with Crippen molar-refractivity contribution < 1.29 is 18.0 Å². The maximum Gasteiger partial charge on any atom is 0.416 e. The lowest BCUT2D eigenvalue weighted by atomic mass is 10.1. The fraction of sp³-hybridized carbons (Fsp3) is 0.222. The van der Waals surface area contributed by atoms with Crippen molar-refractivity contribution in [3.8, 4) is 0 Å². The molecule has 0 saturated carbocycles. The van der Waals surface area contributed by atoms with Gasteiger partial charge >= 0.3 is 6.18 Å². The van der Waals surface area contributed by atoms with E-state index in [0.717, 1.165) is 27.4 Å². The van der Waals surface area contributed by atoms with Crippen LogP contribution in [0.15, 0.2) is 48.5 Å². The van der Waals surface area contributed by atoms with Gasteiger partial charge in [0.2, 0.25) is 5.91 Å². The second-order valence-electron chi connectivity index (χ2n) is 5.70. The molecule has 0 fully saturated rings. The molecule has 25 heavy (non-hydrogen) atoms. The average Bonchev–Trinajstić information content (AvgIpc) is 2.96. The standard InChI is InChI=1S/C18H15F3N2OS/c1-23(11-16-22-14-7-2-3-8-15(14)25-16)17(24)10-12-5-4-6-13(9-12)18(19,20)21/h2-9H,10-11H2,1H3. The van der Waals surface area contributed by atoms with Crippen LogP contribution in [-0.2, 0) is 23.9 Å². The number of amides is 1. The highest BCUT2D eigenvalue weighted by Crippen LogP contribution is 2.29. The molecule has 1 aromatic heterocycles. The van der Waals surface area contributed by atoms with Crippen molar-refractivity contribution >= 4 is 27.5 Å². The first-order valence-corrected chi connectivity index (χ1v) is 8.39. The average molecular weight is 364 g/mol. The van der Waals surface area contributed by atoms with Crippen molar-refractivity contribution in [2.24, 2.45) is 0 Å². The van der Waals surface area contributed by atoms with E-state index in [0.29, 0.717) is 12.1 Å². The molecule has 3 nitrogen and oxygen atoms in total. The lowest BCUT2D eigenvalue weighted by molar-refractivity contribution is -0.138. The molecule has 0 radical (unpaired) electrons. The van der Waals surface area contributed by atoms with Crippen LogP contribution in [0.2, 0.25) is 0 Å². The van der Waals surface area contributed by atoms with Crippen molar-refractivity contribution in [2.75, 3.05) is 7.05 Å². The second-order valence-corrected chi connectivity index (χ2v) is 6.82. The fourth-order valence-electron chi connectivity index (χ4n) is 2.45. The molecule has 0 atom stereocenters. The number of thiazole rings is 1. The van der Waals surface area contributed by atoms with Gasteiger partial charge in [0.1, 0.15) is 5.01 Å². The molecule has 0 spiro atoms. The first kappa shape index (κ1) is 17.4. The highest BCUT2D eigenvalue weighted by molar-refractivity contribution is 7.18. The Balaban J connectivity index is 1.68. The molecule has 0 aliphatic rings. The zero-order valence-corrected chi connectivity index (χ0v) is 14.2. The zero-order chi connectivity index (χ0) is 18.0. The topological polar surface area (TPSA) is 33.2 Å². The summed E-state index contributed by atoms with van der Waals surface area (Å²) in [6, 6.07) is 12.5. The SMILES string of the molecule is CN(Cc1nc2ccccc2s1)C(=O)Cc1cccc(C(F)(F)F)c1. The van der Waals surface area contributed by atoms with E-state index in [1.807, 2.05) is 24.3 Å². The fourth-order valence-corrected chi connectivity index (χ4v) is 3.47. The smallest absolute Gasteiger partial charge is 0.339 e. The Morgan fingerprint density at radius 1 is 1.16 bits per heavy atom. The number of alkyl halides is 3. The molecule has 0 aliphatic carbocycles. The Morgan fingerprint density at radius 3 is 2.64 bits per heavy atom. The van der Waals surface area contributed by atoms with Gasteiger partial charge in [-0.25, -0.2) is 4.98 Å². The molecule has 0 bridgehead atoms. The summed E-state index contributed by atoms with van der Waals surface area (Å²) in [5.41, 5.74) is 0.476. The number of carbonyl (C=O) groups is 1. The van der Waals surface area contributed by atoms with E-state index in [1.54, 1.807) is 7.05 Å². The Kier molecular flexibility index (Phi) is 4.76. The zero-order valence-electron chi connectivity index (χ0n) is 13.4. The first-order chi connectivity index (χ1) is 11.8. The molecule has 1 amide bonds. The van der Waals surface area contributed by atoms with Gasteiger partial charge < -0.3 is 4.90 Å². The third-order valence-corrected chi connectivity index (χ3v) is 4.77. The van der Waals surface area contributed by atoms with Crippen LogP contribution in [0, 0.1) is 0 Å². The van der Waals surface area contributed by atoms with Gasteiger partial charge in [0.05, 0.1) is 28.7 Å². The number of hydrogen-bond donors (Lipinski definition) is 0. The normalized spacial score (nSPS) is 11.7. The van der Waals surface area contributed by atoms with Crippen LogP contribution in [0.5, 0.6) is 0 Å². The van der Waals surface area contributed by atoms with Crippen molar-refractivity contribution in [3.05, 3.63) is 64.7 Å². The van der Waals surface area contributed by atoms with Crippen molar-refractivity contribution in [3.63, 3.8) is 0 Å². The molecule has 130 valence electrons. The summed E-state index contributed by atoms with van der Waals surface area (Å²) >= 11 is 1.50. The van der Waals surface area contributed by atoms with Crippen LogP contribution in [0.25, 0.3) is 10.2 Å². The molecule has 2 aromatic carbocycles. The van der Waals surface area contributed by atoms with Crippen molar-refractivity contribution in [1.82, 2.24) is 9.88 Å². The molecular formula is C18H15F3N2OS. The molecule has 0 aliphatic heterocycles. The summed E-state index contributed by atoms with van der Waals surface area (Å²) in [6.45, 7) is 0.330. The van der Waals surface area contributed by atoms with Gasteiger partial charge in [-0.2, -0.15) is 13.2 Å². The number of benzene rings is 2. The number of carbonyl (C=O) groups excluding carboxylic acids is 1. The van der Waals surface area contributed by atoms with Gasteiger partial charge in [-0.05, 0) is 23.8 Å². The Morgan fingerprint density at radius 2 is 1.92 bits per heavy atom. The Hall–Kier alpha value is -2.41. The van der Waals surface area contributed by atoms with E-state index in [9.17, 15) is 18.0 Å². The Bertz CT molecular complexity index is 871. The van der Waals surface area contributed by atoms with Gasteiger partial charge in [-0.1, -0.05) is 30.3 Å². The monoisotopic (exact) mass is 364 g/mol. The summed E-state index contributed by atoms with van der Waals surface area (Å²) in [5.74, 6) is -0.251. The summed E-state index contributed by atoms with van der Waals surface area (Å²) in [5, 5.41) is 0.793. The van der Waals surface area contributed by atoms with Gasteiger partial charge in [0.25, 0.3) is 0 Å². The van der Waals surface area contributed by atoms with Gasteiger partial charge in [0, 0.05) is 7.05 Å². The number of fused-ring (bicyclic) bond motifs is 1. The van der Waals surface area contributed by atoms with Crippen LogP contribution in [0.4, 0.5) is 13.2 Å². The number of nitrogens with zero attached hydrogens (tertiary/aromatic N) is 2. The molecule has 0 N–H and O–H groups in total. The first-order valence-electron chi connectivity index (χ1n) is 7.57. The number of aromatic nitrogens is 1. The van der Waals surface area contributed by atoms with Gasteiger partial charge in [0.15, 0.2) is 0 Å². The van der Waals surface area contributed by atoms with Crippen LogP contribution in [0.3, 0.4) is 0 Å². The summed E-state index contributed by atoms with van der Waals surface area (Å²) in [7, 11) is 1.63. The van der Waals surface area contributed by atoms with Gasteiger partial charge in [-0.15, -0.1) is 11.3 Å². The molecule has 7 heteroatoms. The number of hydrogen-bond acceptors (Lipinski definition) is 3. The van der Waals surface area contributed by atoms with Crippen molar-refractivity contribution in [1.29, 1.82) is 0 Å². The minimum atomic E-state index is -4.41. The largest absolute Gasteiger partial charge is 0.416 e. The van der Waals surface area contributed by atoms with Crippen LogP contribution >= 0.6 is 11.3 Å². The number of likely N-dealkylation sites (N-methyl/N-ethyl adjacent to an activating group) is 1. The maximum atomic E-state index is 12.8. The molecule has 3 rings (SSSR count). The summed E-state index contributed by atoms with van der Waals surface area (Å²) in [6.07, 6.45) is -4.49. The molecule has 1 heterocycles. The van der Waals surface area contributed by atoms with E-state index in [-0.39, 0.29) is 12.3 Å². The van der Waals surface area contributed by atoms with Crippen LogP contribution < -0.4 is 0 Å². The van der Waals surface area contributed by atoms with Gasteiger partial charge in [-0.3, -0.25) is 4.79 Å². The molecule has 0 saturated heterocycles. The number of para-hydroxylation sites is 1. The number of rotatable bonds is 4. The minimum Gasteiger partial charge on any atom is -0.339 e. The predicted octanol–water partition coefficient (Wildman–Crippen LogP) is 4.52. The van der Waals surface area contributed by atoms with E-state index < -0.39 is 11.7 Å². The summed E-state index contributed by atoms with van der Waals surface area (Å²) in [4.78, 5) is 18.3. The highest BCUT2D eigenvalue weighted by Gasteiger charge is 2.30. The number of halogens is 3. The molecule has 3 aromatic rings.